The number of nitrogens with one attached hydrogen (secondary N) is 2. The number of aromatic nitrogens is 5. The van der Waals surface area contributed by atoms with E-state index >= 15 is 0 Å². The van der Waals surface area contributed by atoms with E-state index in [1.165, 1.54) is 6.33 Å². The van der Waals surface area contributed by atoms with Crippen molar-refractivity contribution in [3.63, 3.8) is 0 Å². The fourth-order valence-corrected chi connectivity index (χ4v) is 4.25. The van der Waals surface area contributed by atoms with E-state index in [2.05, 4.69) is 24.8 Å². The molecule has 1 saturated heterocycles. The number of aromatic amines is 1. The summed E-state index contributed by atoms with van der Waals surface area (Å²) in [6.07, 6.45) is 2.42. The van der Waals surface area contributed by atoms with Gasteiger partial charge < -0.3 is 29.9 Å². The summed E-state index contributed by atoms with van der Waals surface area (Å²) in [7, 11) is 0. The summed E-state index contributed by atoms with van der Waals surface area (Å²) >= 11 is 0. The Labute approximate surface area is 164 Å². The summed E-state index contributed by atoms with van der Waals surface area (Å²) in [6, 6.07) is 1.80. The summed E-state index contributed by atoms with van der Waals surface area (Å²) in [6.45, 7) is 0.469. The molecule has 154 valence electrons. The van der Waals surface area contributed by atoms with Gasteiger partial charge in [-0.25, -0.2) is 4.98 Å². The third kappa shape index (κ3) is 2.94. The molecule has 0 spiro atoms. The lowest BCUT2D eigenvalue weighted by Gasteiger charge is -2.16. The smallest absolute Gasteiger partial charge is 0.280 e. The molecule has 3 aromatic rings. The first-order valence-electron chi connectivity index (χ1n) is 9.55. The van der Waals surface area contributed by atoms with Crippen molar-refractivity contribution in [2.24, 2.45) is 0 Å². The number of ether oxygens (including phenoxy) is 1. The molecule has 0 bridgehead atoms. The topological polar surface area (TPSA) is 150 Å². The zero-order valence-electron chi connectivity index (χ0n) is 15.5. The lowest BCUT2D eigenvalue weighted by atomic mass is 10.1. The number of rotatable bonds is 5. The molecule has 5 heterocycles. The maximum absolute atomic E-state index is 12.5. The lowest BCUT2D eigenvalue weighted by Crippen LogP contribution is -2.24. The Bertz CT molecular complexity index is 1100. The monoisotopic (exact) mass is 402 g/mol. The highest BCUT2D eigenvalue weighted by Crippen LogP contribution is 2.33. The predicted molar refractivity (Wildman–Crippen MR) is 101 cm³/mol. The summed E-state index contributed by atoms with van der Waals surface area (Å²) in [5.41, 5.74) is 1.95. The highest BCUT2D eigenvalue weighted by molar-refractivity contribution is 5.71. The number of fused-ring (bicyclic) bond motifs is 2. The fourth-order valence-electron chi connectivity index (χ4n) is 4.25. The Morgan fingerprint density at radius 1 is 1.38 bits per heavy atom. The van der Waals surface area contributed by atoms with Crippen LogP contribution in [0, 0.1) is 0 Å². The Morgan fingerprint density at radius 2 is 2.24 bits per heavy atom. The molecule has 3 aromatic heterocycles. The van der Waals surface area contributed by atoms with E-state index in [1.807, 2.05) is 12.3 Å². The molecule has 29 heavy (non-hydrogen) atoms. The molecule has 1 fully saturated rings. The molecular weight excluding hydrogens is 380 g/mol. The van der Waals surface area contributed by atoms with Crippen molar-refractivity contribution in [1.29, 1.82) is 0 Å². The van der Waals surface area contributed by atoms with Crippen LogP contribution in [0.15, 0.2) is 23.4 Å². The number of aliphatic hydroxyl groups is 3. The van der Waals surface area contributed by atoms with Crippen LogP contribution in [0.1, 0.15) is 36.4 Å². The minimum Gasteiger partial charge on any atom is -0.394 e. The third-order valence-electron chi connectivity index (χ3n) is 5.69. The van der Waals surface area contributed by atoms with E-state index in [-0.39, 0.29) is 36.8 Å². The number of imidazole rings is 1. The molecule has 0 aromatic carbocycles. The molecule has 5 N–H and O–H groups in total. The molecule has 0 unspecified atom stereocenters. The van der Waals surface area contributed by atoms with Gasteiger partial charge in [-0.2, -0.15) is 4.98 Å². The largest absolute Gasteiger partial charge is 0.394 e. The molecule has 0 amide bonds. The van der Waals surface area contributed by atoms with Gasteiger partial charge in [0.1, 0.15) is 12.3 Å². The van der Waals surface area contributed by atoms with Gasteiger partial charge in [0.2, 0.25) is 5.95 Å². The van der Waals surface area contributed by atoms with Crippen molar-refractivity contribution in [3.05, 3.63) is 40.2 Å². The van der Waals surface area contributed by atoms with E-state index < -0.39 is 18.4 Å². The molecule has 4 atom stereocenters. The van der Waals surface area contributed by atoms with Crippen LogP contribution in [0.2, 0.25) is 0 Å². The van der Waals surface area contributed by atoms with Crippen LogP contribution < -0.4 is 10.9 Å². The normalized spacial score (nSPS) is 26.3. The second kappa shape index (κ2) is 6.95. The highest BCUT2D eigenvalue weighted by Gasteiger charge is 2.35. The van der Waals surface area contributed by atoms with E-state index in [4.69, 9.17) is 4.74 Å². The summed E-state index contributed by atoms with van der Waals surface area (Å²) in [4.78, 5) is 23.9. The van der Waals surface area contributed by atoms with Crippen LogP contribution >= 0.6 is 0 Å². The molecule has 0 saturated carbocycles. The van der Waals surface area contributed by atoms with Gasteiger partial charge in [-0.05, 0) is 12.5 Å². The number of hydrogen-bond acceptors (Lipinski definition) is 8. The molecular formula is C18H22N6O5. The molecule has 11 heteroatoms. The predicted octanol–water partition coefficient (Wildman–Crippen LogP) is -0.389. The first-order valence-corrected chi connectivity index (χ1v) is 9.55. The average molecular weight is 402 g/mol. The van der Waals surface area contributed by atoms with Crippen LogP contribution in [-0.2, 0) is 17.9 Å². The number of H-pyrrole nitrogens is 1. The number of nitrogens with zero attached hydrogens (tertiary/aromatic N) is 4. The van der Waals surface area contributed by atoms with E-state index in [9.17, 15) is 20.1 Å². The number of anilines is 1. The van der Waals surface area contributed by atoms with Crippen molar-refractivity contribution in [2.75, 3.05) is 11.9 Å². The van der Waals surface area contributed by atoms with Crippen molar-refractivity contribution in [1.82, 2.24) is 24.1 Å². The van der Waals surface area contributed by atoms with Gasteiger partial charge in [-0.1, -0.05) is 0 Å². The zero-order valence-corrected chi connectivity index (χ0v) is 15.5. The Balaban J connectivity index is 1.48. The van der Waals surface area contributed by atoms with Crippen LogP contribution in [0.25, 0.3) is 11.2 Å². The van der Waals surface area contributed by atoms with Crippen molar-refractivity contribution < 1.29 is 20.1 Å². The number of aliphatic hydroxyl groups excluding tert-OH is 3. The van der Waals surface area contributed by atoms with Gasteiger partial charge in [0.15, 0.2) is 11.2 Å². The van der Waals surface area contributed by atoms with Gasteiger partial charge in [0.25, 0.3) is 5.56 Å². The molecule has 11 nitrogen and oxygen atoms in total. The van der Waals surface area contributed by atoms with E-state index in [1.54, 1.807) is 4.57 Å². The van der Waals surface area contributed by atoms with Crippen molar-refractivity contribution in [2.45, 2.75) is 50.5 Å². The quantitative estimate of drug-likeness (QED) is 0.387. The standard InChI is InChI=1S/C18H22N6O5/c25-6-9-1-3-23-4-2-10(15(9)23)20-18-21-16-14(17(28)22-18)19-8-24(16)13-5-11(27)12(7-26)29-13/h1,3,8,10-13,25-27H,2,4-7H2,(H2,20,21,22,28)/t10-,11-,12+,13+/m0/s1. The van der Waals surface area contributed by atoms with Gasteiger partial charge in [0, 0.05) is 30.4 Å². The lowest BCUT2D eigenvalue weighted by molar-refractivity contribution is -0.0432. The van der Waals surface area contributed by atoms with Gasteiger partial charge in [0.05, 0.1) is 31.7 Å². The molecule has 0 aliphatic carbocycles. The van der Waals surface area contributed by atoms with Gasteiger partial charge in [-0.3, -0.25) is 14.3 Å². The Kier molecular flexibility index (Phi) is 4.39. The second-order valence-corrected chi connectivity index (χ2v) is 7.42. The van der Waals surface area contributed by atoms with Crippen LogP contribution in [-0.4, -0.2) is 58.2 Å². The second-order valence-electron chi connectivity index (χ2n) is 7.42. The molecule has 0 radical (unpaired) electrons. The average Bonchev–Trinajstić information content (AvgIpc) is 3.45. The fraction of sp³-hybridized carbons (Fsp3) is 0.500. The molecule has 5 rings (SSSR count). The minimum atomic E-state index is -0.801. The minimum absolute atomic E-state index is 0.0519. The zero-order chi connectivity index (χ0) is 20.1. The third-order valence-corrected chi connectivity index (χ3v) is 5.69. The summed E-state index contributed by atoms with van der Waals surface area (Å²) in [5, 5.41) is 32.1. The first-order chi connectivity index (χ1) is 14.1. The Morgan fingerprint density at radius 3 is 3.00 bits per heavy atom. The van der Waals surface area contributed by atoms with Crippen LogP contribution in [0.5, 0.6) is 0 Å². The summed E-state index contributed by atoms with van der Waals surface area (Å²) < 4.78 is 9.35. The van der Waals surface area contributed by atoms with Crippen LogP contribution in [0.3, 0.4) is 0 Å². The summed E-state index contributed by atoms with van der Waals surface area (Å²) in [5.74, 6) is 0.296. The van der Waals surface area contributed by atoms with Gasteiger partial charge in [-0.15, -0.1) is 0 Å². The molecule has 2 aliphatic heterocycles. The maximum Gasteiger partial charge on any atom is 0.280 e. The van der Waals surface area contributed by atoms with Gasteiger partial charge >= 0.3 is 0 Å². The first kappa shape index (κ1) is 18.3. The highest BCUT2D eigenvalue weighted by atomic mass is 16.5. The maximum atomic E-state index is 12.5. The molecule has 2 aliphatic rings. The van der Waals surface area contributed by atoms with E-state index in [0.717, 1.165) is 24.2 Å². The SMILES string of the molecule is O=c1[nH]c(N[C@H]2CCn3ccc(CO)c32)nc2c1ncn2[C@H]1C[C@H](O)[C@@H](CO)O1. The number of aryl methyl sites for hydroxylation is 1. The van der Waals surface area contributed by atoms with Crippen molar-refractivity contribution >= 4 is 17.1 Å². The van der Waals surface area contributed by atoms with Crippen molar-refractivity contribution in [3.8, 4) is 0 Å². The number of hydrogen-bond donors (Lipinski definition) is 5. The van der Waals surface area contributed by atoms with Crippen LogP contribution in [0.4, 0.5) is 5.95 Å². The Hall–Kier alpha value is -2.73. The van der Waals surface area contributed by atoms with E-state index in [0.29, 0.717) is 11.6 Å².